The van der Waals surface area contributed by atoms with Crippen LogP contribution in [-0.2, 0) is 16.6 Å². The second-order valence-corrected chi connectivity index (χ2v) is 6.99. The average Bonchev–Trinajstić information content (AvgIpc) is 2.35. The maximum Gasteiger partial charge on any atom is 0.0578 e. The summed E-state index contributed by atoms with van der Waals surface area (Å²) in [4.78, 5) is 0.763. The molecule has 0 aromatic heterocycles. The van der Waals surface area contributed by atoms with Gasteiger partial charge in [-0.3, -0.25) is 4.21 Å². The van der Waals surface area contributed by atoms with E-state index < -0.39 is 10.8 Å². The van der Waals surface area contributed by atoms with Crippen LogP contribution in [0.5, 0.6) is 0 Å². The Kier molecular flexibility index (Phi) is 4.66. The molecule has 0 spiro atoms. The summed E-state index contributed by atoms with van der Waals surface area (Å²) in [5.74, 6) is 0.385. The molecule has 0 aliphatic rings. The van der Waals surface area contributed by atoms with Crippen molar-refractivity contribution in [2.75, 3.05) is 5.73 Å². The van der Waals surface area contributed by atoms with Crippen LogP contribution in [0.4, 0.5) is 5.69 Å². The van der Waals surface area contributed by atoms with Gasteiger partial charge in [0.05, 0.1) is 16.6 Å². The molecule has 0 saturated carbocycles. The number of halogens is 2. The van der Waals surface area contributed by atoms with E-state index in [1.807, 2.05) is 31.2 Å². The molecule has 1 unspecified atom stereocenters. The quantitative estimate of drug-likeness (QED) is 0.831. The minimum absolute atomic E-state index is 0.385. The molecule has 0 saturated heterocycles. The number of rotatable bonds is 3. The van der Waals surface area contributed by atoms with Crippen molar-refractivity contribution >= 4 is 44.0 Å². The second kappa shape index (κ2) is 6.07. The summed E-state index contributed by atoms with van der Waals surface area (Å²) in [7, 11) is -1.15. The Hall–Kier alpha value is -0.840. The van der Waals surface area contributed by atoms with E-state index in [-0.39, 0.29) is 0 Å². The van der Waals surface area contributed by atoms with E-state index in [1.54, 1.807) is 12.1 Å². The number of nitrogen functional groups attached to an aromatic ring is 1. The number of anilines is 1. The molecule has 0 aliphatic heterocycles. The predicted octanol–water partition coefficient (Wildman–Crippen LogP) is 4.30. The van der Waals surface area contributed by atoms with Gasteiger partial charge in [-0.25, -0.2) is 0 Å². The van der Waals surface area contributed by atoms with Gasteiger partial charge in [0.25, 0.3) is 0 Å². The molecule has 0 radical (unpaired) electrons. The first-order valence-corrected chi connectivity index (χ1v) is 8.15. The average molecular weight is 359 g/mol. The van der Waals surface area contributed by atoms with Crippen LogP contribution in [0.2, 0.25) is 5.02 Å². The van der Waals surface area contributed by atoms with Crippen molar-refractivity contribution in [3.63, 3.8) is 0 Å². The summed E-state index contributed by atoms with van der Waals surface area (Å²) >= 11 is 9.49. The Labute approximate surface area is 128 Å². The van der Waals surface area contributed by atoms with Crippen LogP contribution in [-0.4, -0.2) is 4.21 Å². The fourth-order valence-corrected chi connectivity index (χ4v) is 3.92. The van der Waals surface area contributed by atoms with Crippen molar-refractivity contribution in [3.05, 3.63) is 57.0 Å². The zero-order valence-corrected chi connectivity index (χ0v) is 13.5. The molecular weight excluding hydrogens is 346 g/mol. The van der Waals surface area contributed by atoms with E-state index in [4.69, 9.17) is 17.3 Å². The minimum atomic E-state index is -1.15. The molecule has 100 valence electrons. The Bertz CT molecular complexity index is 645. The third kappa shape index (κ3) is 3.59. The van der Waals surface area contributed by atoms with Gasteiger partial charge in [-0.15, -0.1) is 0 Å². The Morgan fingerprint density at radius 1 is 1.26 bits per heavy atom. The van der Waals surface area contributed by atoms with Crippen LogP contribution in [0.1, 0.15) is 11.1 Å². The Morgan fingerprint density at radius 3 is 2.68 bits per heavy atom. The van der Waals surface area contributed by atoms with Gasteiger partial charge < -0.3 is 5.73 Å². The molecule has 2 aromatic rings. The Balaban J connectivity index is 2.28. The van der Waals surface area contributed by atoms with Crippen LogP contribution in [0.3, 0.4) is 0 Å². The van der Waals surface area contributed by atoms with Crippen molar-refractivity contribution in [3.8, 4) is 0 Å². The van der Waals surface area contributed by atoms with E-state index in [0.717, 1.165) is 20.5 Å². The molecule has 2 rings (SSSR count). The summed E-state index contributed by atoms with van der Waals surface area (Å²) in [5.41, 5.74) is 8.20. The van der Waals surface area contributed by atoms with Gasteiger partial charge in [0.15, 0.2) is 0 Å². The van der Waals surface area contributed by atoms with E-state index in [1.165, 1.54) is 0 Å². The van der Waals surface area contributed by atoms with Crippen molar-refractivity contribution in [1.29, 1.82) is 0 Å². The van der Waals surface area contributed by atoms with Crippen molar-refractivity contribution in [2.24, 2.45) is 0 Å². The first-order valence-electron chi connectivity index (χ1n) is 5.66. The maximum absolute atomic E-state index is 12.4. The van der Waals surface area contributed by atoms with Gasteiger partial charge in [-0.1, -0.05) is 39.7 Å². The number of hydrogen-bond acceptors (Lipinski definition) is 2. The van der Waals surface area contributed by atoms with Crippen LogP contribution >= 0.6 is 27.5 Å². The SMILES string of the molecule is Cc1ccc(N)cc1S(=O)Cc1ccc(Br)cc1Cl. The smallest absolute Gasteiger partial charge is 0.0578 e. The third-order valence-corrected chi connectivity index (χ3v) is 5.11. The van der Waals surface area contributed by atoms with Gasteiger partial charge in [-0.2, -0.15) is 0 Å². The highest BCUT2D eigenvalue weighted by Gasteiger charge is 2.11. The predicted molar refractivity (Wildman–Crippen MR) is 84.9 cm³/mol. The highest BCUT2D eigenvalue weighted by atomic mass is 79.9. The molecule has 0 bridgehead atoms. The standard InChI is InChI=1S/C14H13BrClNOS/c1-9-2-5-12(17)7-14(9)19(18)8-10-3-4-11(15)6-13(10)16/h2-7H,8,17H2,1H3. The zero-order chi connectivity index (χ0) is 14.0. The van der Waals surface area contributed by atoms with Crippen molar-refractivity contribution in [1.82, 2.24) is 0 Å². The molecule has 0 heterocycles. The number of aryl methyl sites for hydroxylation is 1. The van der Waals surface area contributed by atoms with E-state index in [9.17, 15) is 4.21 Å². The lowest BCUT2D eigenvalue weighted by atomic mass is 10.2. The van der Waals surface area contributed by atoms with Gasteiger partial charge >= 0.3 is 0 Å². The number of benzene rings is 2. The monoisotopic (exact) mass is 357 g/mol. The summed E-state index contributed by atoms with van der Waals surface area (Å²) in [5, 5.41) is 0.615. The lowest BCUT2D eigenvalue weighted by Crippen LogP contribution is -2.00. The number of nitrogens with two attached hydrogens (primary N) is 1. The highest BCUT2D eigenvalue weighted by Crippen LogP contribution is 2.25. The summed E-state index contributed by atoms with van der Waals surface area (Å²) in [6.07, 6.45) is 0. The van der Waals surface area contributed by atoms with Gasteiger partial charge in [0.1, 0.15) is 0 Å². The van der Waals surface area contributed by atoms with Crippen LogP contribution in [0, 0.1) is 6.92 Å². The van der Waals surface area contributed by atoms with E-state index >= 15 is 0 Å². The molecule has 1 atom stereocenters. The summed E-state index contributed by atoms with van der Waals surface area (Å²) in [6.45, 7) is 1.93. The van der Waals surface area contributed by atoms with Gasteiger partial charge in [0.2, 0.25) is 0 Å². The molecule has 0 aliphatic carbocycles. The second-order valence-electron chi connectivity index (χ2n) is 4.25. The third-order valence-electron chi connectivity index (χ3n) is 2.76. The van der Waals surface area contributed by atoms with E-state index in [0.29, 0.717) is 16.5 Å². The number of hydrogen-bond donors (Lipinski definition) is 1. The fourth-order valence-electron chi connectivity index (χ4n) is 1.72. The summed E-state index contributed by atoms with van der Waals surface area (Å²) in [6, 6.07) is 11.0. The topological polar surface area (TPSA) is 43.1 Å². The molecule has 19 heavy (non-hydrogen) atoms. The van der Waals surface area contributed by atoms with Crippen LogP contribution in [0.15, 0.2) is 45.8 Å². The molecular formula is C14H13BrClNOS. The Morgan fingerprint density at radius 2 is 2.00 bits per heavy atom. The van der Waals surface area contributed by atoms with Crippen molar-refractivity contribution in [2.45, 2.75) is 17.6 Å². The minimum Gasteiger partial charge on any atom is -0.399 e. The first-order chi connectivity index (χ1) is 8.97. The fraction of sp³-hybridized carbons (Fsp3) is 0.143. The highest BCUT2D eigenvalue weighted by molar-refractivity contribution is 9.10. The molecule has 2 aromatic carbocycles. The van der Waals surface area contributed by atoms with Gasteiger partial charge in [-0.05, 0) is 42.3 Å². The molecule has 2 N–H and O–H groups in total. The lowest BCUT2D eigenvalue weighted by Gasteiger charge is -2.08. The van der Waals surface area contributed by atoms with Crippen LogP contribution in [0.25, 0.3) is 0 Å². The van der Waals surface area contributed by atoms with Gasteiger partial charge in [0, 0.05) is 20.1 Å². The van der Waals surface area contributed by atoms with Crippen LogP contribution < -0.4 is 5.73 Å². The zero-order valence-electron chi connectivity index (χ0n) is 10.3. The molecule has 0 amide bonds. The van der Waals surface area contributed by atoms with Crippen molar-refractivity contribution < 1.29 is 4.21 Å². The largest absolute Gasteiger partial charge is 0.399 e. The molecule has 0 fully saturated rings. The normalized spacial score (nSPS) is 12.4. The lowest BCUT2D eigenvalue weighted by molar-refractivity contribution is 0.682. The summed E-state index contributed by atoms with van der Waals surface area (Å²) < 4.78 is 13.3. The first kappa shape index (κ1) is 14.6. The van der Waals surface area contributed by atoms with E-state index in [2.05, 4.69) is 15.9 Å². The molecule has 5 heteroatoms. The maximum atomic E-state index is 12.4. The molecule has 2 nitrogen and oxygen atoms in total.